The molecule has 0 saturated heterocycles. The number of cyclic esters (lactones) is 1. The van der Waals surface area contributed by atoms with Gasteiger partial charge in [0.1, 0.15) is 12.4 Å². The van der Waals surface area contributed by atoms with Crippen molar-refractivity contribution in [3.63, 3.8) is 0 Å². The first-order valence-corrected chi connectivity index (χ1v) is 5.11. The molecule has 76 valence electrons. The summed E-state index contributed by atoms with van der Waals surface area (Å²) in [5.41, 5.74) is 0. The second-order valence-corrected chi connectivity index (χ2v) is 3.98. The minimum atomic E-state index is -0.164. The number of esters is 1. The molecule has 0 aromatic carbocycles. The van der Waals surface area contributed by atoms with Crippen molar-refractivity contribution in [1.29, 1.82) is 0 Å². The molecule has 0 aromatic rings. The van der Waals surface area contributed by atoms with E-state index in [2.05, 4.69) is 0 Å². The number of aldehydes is 1. The number of allylic oxidation sites excluding steroid dienone is 1. The Morgan fingerprint density at radius 2 is 2.29 bits per heavy atom. The largest absolute Gasteiger partial charge is 0.462 e. The van der Waals surface area contributed by atoms with Gasteiger partial charge in [0.15, 0.2) is 0 Å². The number of hydrogen-bond acceptors (Lipinski definition) is 3. The first kappa shape index (κ1) is 9.44. The smallest absolute Gasteiger partial charge is 0.309 e. The summed E-state index contributed by atoms with van der Waals surface area (Å²) < 4.78 is 5.30. The Hall–Kier alpha value is -1.12. The maximum Gasteiger partial charge on any atom is 0.309 e. The van der Waals surface area contributed by atoms with Crippen molar-refractivity contribution < 1.29 is 14.3 Å². The Morgan fingerprint density at radius 1 is 1.43 bits per heavy atom. The van der Waals surface area contributed by atoms with Crippen molar-refractivity contribution in [2.75, 3.05) is 0 Å². The van der Waals surface area contributed by atoms with Crippen molar-refractivity contribution in [2.24, 2.45) is 11.8 Å². The van der Waals surface area contributed by atoms with Gasteiger partial charge in [0.2, 0.25) is 0 Å². The van der Waals surface area contributed by atoms with Gasteiger partial charge in [-0.25, -0.2) is 0 Å². The summed E-state index contributed by atoms with van der Waals surface area (Å²) in [6.07, 6.45) is 7.89. The molecule has 3 nitrogen and oxygen atoms in total. The molecular formula is C11H14O3. The summed E-state index contributed by atoms with van der Waals surface area (Å²) in [5.74, 6) is 0.265. The quantitative estimate of drug-likeness (QED) is 0.380. The molecule has 14 heavy (non-hydrogen) atoms. The van der Waals surface area contributed by atoms with Crippen LogP contribution in [0.2, 0.25) is 0 Å². The Balaban J connectivity index is 1.94. The molecule has 0 spiro atoms. The highest BCUT2D eigenvalue weighted by atomic mass is 16.5. The van der Waals surface area contributed by atoms with Gasteiger partial charge in [0.05, 0.1) is 6.42 Å². The van der Waals surface area contributed by atoms with Gasteiger partial charge in [0, 0.05) is 11.8 Å². The molecule has 0 N–H and O–H groups in total. The molecule has 0 amide bonds. The van der Waals surface area contributed by atoms with Crippen molar-refractivity contribution in [3.8, 4) is 0 Å². The average Bonchev–Trinajstić information content (AvgIpc) is 2.90. The van der Waals surface area contributed by atoms with E-state index in [0.717, 1.165) is 25.5 Å². The van der Waals surface area contributed by atoms with Crippen LogP contribution in [0.5, 0.6) is 0 Å². The van der Waals surface area contributed by atoms with Gasteiger partial charge in [-0.2, -0.15) is 0 Å². The Labute approximate surface area is 83.1 Å². The van der Waals surface area contributed by atoms with E-state index in [-0.39, 0.29) is 18.0 Å². The van der Waals surface area contributed by atoms with E-state index in [9.17, 15) is 9.59 Å². The maximum absolute atomic E-state index is 11.2. The molecule has 1 fully saturated rings. The molecule has 1 heterocycles. The Bertz CT molecular complexity index is 270. The monoisotopic (exact) mass is 194 g/mol. The van der Waals surface area contributed by atoms with Crippen molar-refractivity contribution >= 4 is 12.3 Å². The van der Waals surface area contributed by atoms with Gasteiger partial charge in [-0.1, -0.05) is 12.2 Å². The van der Waals surface area contributed by atoms with Gasteiger partial charge < -0.3 is 9.53 Å². The van der Waals surface area contributed by atoms with Crippen LogP contribution in [0.1, 0.15) is 25.7 Å². The lowest BCUT2D eigenvalue weighted by atomic mass is 10.1. The predicted molar refractivity (Wildman–Crippen MR) is 50.5 cm³/mol. The van der Waals surface area contributed by atoms with Crippen LogP contribution in [0.4, 0.5) is 0 Å². The van der Waals surface area contributed by atoms with E-state index in [1.54, 1.807) is 0 Å². The van der Waals surface area contributed by atoms with Crippen molar-refractivity contribution in [1.82, 2.24) is 0 Å². The number of carbonyl (C=O) groups excluding carboxylic acids is 2. The van der Waals surface area contributed by atoms with Gasteiger partial charge >= 0.3 is 5.97 Å². The third kappa shape index (κ3) is 2.03. The van der Waals surface area contributed by atoms with Crippen LogP contribution in [0.3, 0.4) is 0 Å². The molecule has 0 aromatic heterocycles. The highest BCUT2D eigenvalue weighted by Crippen LogP contribution is 2.42. The fraction of sp³-hybridized carbons (Fsp3) is 0.636. The molecule has 0 bridgehead atoms. The lowest BCUT2D eigenvalue weighted by Crippen LogP contribution is -2.21. The van der Waals surface area contributed by atoms with Crippen LogP contribution >= 0.6 is 0 Å². The van der Waals surface area contributed by atoms with E-state index < -0.39 is 0 Å². The highest BCUT2D eigenvalue weighted by molar-refractivity contribution is 5.71. The zero-order valence-electron chi connectivity index (χ0n) is 8.02. The molecule has 3 heteroatoms. The maximum atomic E-state index is 11.2. The molecule has 0 unspecified atom stereocenters. The second kappa shape index (κ2) is 3.95. The zero-order chi connectivity index (χ0) is 9.97. The van der Waals surface area contributed by atoms with Crippen molar-refractivity contribution in [2.45, 2.75) is 31.8 Å². The fourth-order valence-corrected chi connectivity index (χ4v) is 1.95. The lowest BCUT2D eigenvalue weighted by Gasteiger charge is -2.18. The summed E-state index contributed by atoms with van der Waals surface area (Å²) in [4.78, 5) is 21.7. The minimum absolute atomic E-state index is 0.0253. The molecule has 0 radical (unpaired) electrons. The number of hydrogen-bond donors (Lipinski definition) is 0. The van der Waals surface area contributed by atoms with Crippen LogP contribution < -0.4 is 0 Å². The van der Waals surface area contributed by atoms with Crippen molar-refractivity contribution in [3.05, 3.63) is 12.2 Å². The van der Waals surface area contributed by atoms with Gasteiger partial charge in [-0.05, 0) is 19.3 Å². The predicted octanol–water partition coefficient (Wildman–Crippen LogP) is 1.47. The van der Waals surface area contributed by atoms with E-state index in [1.807, 2.05) is 12.2 Å². The third-order valence-electron chi connectivity index (χ3n) is 2.90. The first-order chi connectivity index (χ1) is 6.81. The highest BCUT2D eigenvalue weighted by Gasteiger charge is 2.44. The topological polar surface area (TPSA) is 43.4 Å². The molecule has 3 atom stereocenters. The van der Waals surface area contributed by atoms with Crippen LogP contribution in [0.25, 0.3) is 0 Å². The van der Waals surface area contributed by atoms with Crippen LogP contribution in [-0.2, 0) is 14.3 Å². The zero-order valence-corrected chi connectivity index (χ0v) is 8.02. The van der Waals surface area contributed by atoms with Gasteiger partial charge in [-0.3, -0.25) is 4.79 Å². The minimum Gasteiger partial charge on any atom is -0.462 e. The molecule has 1 aliphatic carbocycles. The van der Waals surface area contributed by atoms with E-state index in [0.29, 0.717) is 12.3 Å². The molecular weight excluding hydrogens is 180 g/mol. The third-order valence-corrected chi connectivity index (χ3v) is 2.90. The molecule has 2 rings (SSSR count). The summed E-state index contributed by atoms with van der Waals surface area (Å²) in [5, 5.41) is 0. The summed E-state index contributed by atoms with van der Waals surface area (Å²) in [7, 11) is 0. The average molecular weight is 194 g/mol. The molecule has 1 saturated carbocycles. The summed E-state index contributed by atoms with van der Waals surface area (Å²) in [6, 6.07) is 0. The lowest BCUT2D eigenvalue weighted by molar-refractivity contribution is -0.150. The number of ether oxygens (including phenoxy) is 1. The first-order valence-electron chi connectivity index (χ1n) is 5.11. The van der Waals surface area contributed by atoms with Gasteiger partial charge in [0.25, 0.3) is 0 Å². The summed E-state index contributed by atoms with van der Waals surface area (Å²) in [6.45, 7) is 0. The second-order valence-electron chi connectivity index (χ2n) is 3.98. The normalized spacial score (nSPS) is 39.1. The van der Waals surface area contributed by atoms with Crippen LogP contribution in [0.15, 0.2) is 12.2 Å². The van der Waals surface area contributed by atoms with E-state index >= 15 is 0 Å². The Morgan fingerprint density at radius 3 is 3.00 bits per heavy atom. The van der Waals surface area contributed by atoms with E-state index in [4.69, 9.17) is 4.74 Å². The Kier molecular flexibility index (Phi) is 2.66. The SMILES string of the molecule is O=C[C@@H]1C[C@H]1[C@H]1CC/C=C\CC(=O)O1. The number of carbonyl (C=O) groups is 2. The van der Waals surface area contributed by atoms with E-state index in [1.165, 1.54) is 0 Å². The molecule has 1 aliphatic heterocycles. The number of rotatable bonds is 2. The molecule has 2 aliphatic rings. The van der Waals surface area contributed by atoms with Gasteiger partial charge in [-0.15, -0.1) is 0 Å². The summed E-state index contributed by atoms with van der Waals surface area (Å²) >= 11 is 0. The fourth-order valence-electron chi connectivity index (χ4n) is 1.95. The van der Waals surface area contributed by atoms with Crippen LogP contribution in [0, 0.1) is 11.8 Å². The standard InChI is InChI=1S/C11H14O3/c12-7-8-6-9(8)10-4-2-1-3-5-11(13)14-10/h1,3,7-10H,2,4-6H2/b3-1-/t8-,9+,10+/m0/s1. The van der Waals surface area contributed by atoms with Crippen LogP contribution in [-0.4, -0.2) is 18.4 Å².